The van der Waals surface area contributed by atoms with E-state index < -0.39 is 12.4 Å². The molecule has 3 heterocycles. The van der Waals surface area contributed by atoms with Gasteiger partial charge in [-0.15, -0.1) is 0 Å². The number of piperazine rings is 1. The van der Waals surface area contributed by atoms with Crippen molar-refractivity contribution in [1.29, 1.82) is 0 Å². The summed E-state index contributed by atoms with van der Waals surface area (Å²) in [6.07, 6.45) is 2.39. The smallest absolute Gasteiger partial charge is 0.337 e. The lowest BCUT2D eigenvalue weighted by atomic mass is 9.94. The second-order valence-corrected chi connectivity index (χ2v) is 10.7. The van der Waals surface area contributed by atoms with Crippen LogP contribution in [0, 0.1) is 6.92 Å². The summed E-state index contributed by atoms with van der Waals surface area (Å²) in [5.41, 5.74) is 6.09. The van der Waals surface area contributed by atoms with Gasteiger partial charge in [-0.2, -0.15) is 0 Å². The molecule has 0 spiro atoms. The number of aromatic nitrogens is 1. The minimum Gasteiger partial charge on any atom is -0.478 e. The highest BCUT2D eigenvalue weighted by atomic mass is 19.3. The van der Waals surface area contributed by atoms with E-state index in [1.165, 1.54) is 22.1 Å². The molecule has 1 aromatic heterocycles. The lowest BCUT2D eigenvalue weighted by Crippen LogP contribution is -2.49. The van der Waals surface area contributed by atoms with Gasteiger partial charge in [-0.25, -0.2) is 13.6 Å². The summed E-state index contributed by atoms with van der Waals surface area (Å²) < 4.78 is 26.8. The summed E-state index contributed by atoms with van der Waals surface area (Å²) in [4.78, 5) is 33.9. The number of anilines is 1. The minimum atomic E-state index is -2.43. The molecule has 2 aromatic carbocycles. The van der Waals surface area contributed by atoms with Gasteiger partial charge in [0.15, 0.2) is 0 Å². The van der Waals surface area contributed by atoms with Crippen LogP contribution >= 0.6 is 0 Å². The number of aryl methyl sites for hydroxylation is 2. The lowest BCUT2D eigenvalue weighted by Gasteiger charge is -2.42. The first-order valence-electron chi connectivity index (χ1n) is 13.8. The Morgan fingerprint density at radius 1 is 1.15 bits per heavy atom. The van der Waals surface area contributed by atoms with Crippen molar-refractivity contribution in [3.8, 4) is 0 Å². The number of H-pyrrole nitrogens is 1. The average Bonchev–Trinajstić information content (AvgIpc) is 3.41. The number of amides is 1. The van der Waals surface area contributed by atoms with Crippen LogP contribution < -0.4 is 4.90 Å². The SMILES string of the molecule is CCc1cc(C)c2[nH]ccc2c1CN1CCN(CC(F)F)C[C@H]1c1ccc(C(=O)O)c(N2CCCCC2=O)c1. The number of nitrogens with zero attached hydrogens (tertiary/aromatic N) is 3. The van der Waals surface area contributed by atoms with Crippen LogP contribution in [0.15, 0.2) is 36.5 Å². The van der Waals surface area contributed by atoms with E-state index in [0.717, 1.165) is 30.3 Å². The van der Waals surface area contributed by atoms with E-state index in [4.69, 9.17) is 0 Å². The maximum absolute atomic E-state index is 13.4. The van der Waals surface area contributed by atoms with Gasteiger partial charge >= 0.3 is 5.97 Å². The number of carboxylic acids is 1. The van der Waals surface area contributed by atoms with Gasteiger partial charge in [-0.1, -0.05) is 19.1 Å². The molecule has 0 saturated carbocycles. The van der Waals surface area contributed by atoms with Crippen molar-refractivity contribution in [2.45, 2.75) is 58.5 Å². The monoisotopic (exact) mass is 538 g/mol. The Kier molecular flexibility index (Phi) is 8.00. The number of hydrogen-bond acceptors (Lipinski definition) is 4. The number of piperidine rings is 1. The van der Waals surface area contributed by atoms with E-state index in [-0.39, 0.29) is 24.1 Å². The quantitative estimate of drug-likeness (QED) is 0.403. The number of carbonyl (C=O) groups is 2. The van der Waals surface area contributed by atoms with Crippen LogP contribution in [0.2, 0.25) is 0 Å². The van der Waals surface area contributed by atoms with Crippen LogP contribution in [0.1, 0.15) is 64.8 Å². The van der Waals surface area contributed by atoms with Crippen molar-refractivity contribution in [2.75, 3.05) is 37.6 Å². The maximum Gasteiger partial charge on any atom is 0.337 e. The maximum atomic E-state index is 13.4. The van der Waals surface area contributed by atoms with Crippen molar-refractivity contribution in [3.63, 3.8) is 0 Å². The second kappa shape index (κ2) is 11.4. The summed E-state index contributed by atoms with van der Waals surface area (Å²) in [6.45, 7) is 6.57. The van der Waals surface area contributed by atoms with Crippen LogP contribution in [-0.2, 0) is 17.8 Å². The molecule has 5 rings (SSSR count). The molecule has 0 aliphatic carbocycles. The van der Waals surface area contributed by atoms with Gasteiger partial charge in [0.05, 0.1) is 17.8 Å². The number of aromatic carboxylic acids is 1. The van der Waals surface area contributed by atoms with Crippen molar-refractivity contribution < 1.29 is 23.5 Å². The molecule has 2 aliphatic rings. The van der Waals surface area contributed by atoms with Crippen LogP contribution in [-0.4, -0.2) is 70.9 Å². The predicted molar refractivity (Wildman–Crippen MR) is 148 cm³/mol. The zero-order chi connectivity index (χ0) is 27.7. The number of nitrogens with one attached hydrogen (secondary N) is 1. The lowest BCUT2D eigenvalue weighted by molar-refractivity contribution is -0.119. The highest BCUT2D eigenvalue weighted by Crippen LogP contribution is 2.35. The number of rotatable bonds is 8. The van der Waals surface area contributed by atoms with E-state index in [9.17, 15) is 23.5 Å². The zero-order valence-corrected chi connectivity index (χ0v) is 22.6. The molecule has 2 aliphatic heterocycles. The fourth-order valence-electron chi connectivity index (χ4n) is 6.21. The molecule has 1 amide bonds. The largest absolute Gasteiger partial charge is 0.478 e. The third-order valence-electron chi connectivity index (χ3n) is 8.21. The number of halogens is 2. The molecular formula is C30H36F2N4O3. The minimum absolute atomic E-state index is 0.0807. The molecule has 3 aromatic rings. The molecule has 2 saturated heterocycles. The molecule has 0 bridgehead atoms. The number of alkyl halides is 2. The first-order valence-corrected chi connectivity index (χ1v) is 13.8. The number of aromatic amines is 1. The van der Waals surface area contributed by atoms with Crippen molar-refractivity contribution in [3.05, 3.63) is 64.3 Å². The fraction of sp³-hybridized carbons (Fsp3) is 0.467. The first-order chi connectivity index (χ1) is 18.8. The Labute approximate surface area is 227 Å². The van der Waals surface area contributed by atoms with Crippen molar-refractivity contribution in [2.24, 2.45) is 0 Å². The summed E-state index contributed by atoms with van der Waals surface area (Å²) in [5.74, 6) is -1.17. The van der Waals surface area contributed by atoms with Gasteiger partial charge in [0, 0.05) is 62.3 Å². The predicted octanol–water partition coefficient (Wildman–Crippen LogP) is 5.38. The third kappa shape index (κ3) is 5.56. The fourth-order valence-corrected chi connectivity index (χ4v) is 6.21. The Bertz CT molecular complexity index is 1370. The molecule has 0 radical (unpaired) electrons. The van der Waals surface area contributed by atoms with Crippen LogP contribution in [0.25, 0.3) is 10.9 Å². The van der Waals surface area contributed by atoms with Crippen LogP contribution in [0.3, 0.4) is 0 Å². The number of hydrogen-bond donors (Lipinski definition) is 2. The first kappa shape index (κ1) is 27.3. The van der Waals surface area contributed by atoms with Gasteiger partial charge in [0.2, 0.25) is 5.91 Å². The van der Waals surface area contributed by atoms with Gasteiger partial charge in [0.1, 0.15) is 0 Å². The van der Waals surface area contributed by atoms with Crippen LogP contribution in [0.4, 0.5) is 14.5 Å². The number of benzene rings is 2. The topological polar surface area (TPSA) is 79.9 Å². The van der Waals surface area contributed by atoms with E-state index >= 15 is 0 Å². The van der Waals surface area contributed by atoms with E-state index in [1.807, 2.05) is 6.20 Å². The number of fused-ring (bicyclic) bond motifs is 1. The van der Waals surface area contributed by atoms with Crippen molar-refractivity contribution >= 4 is 28.5 Å². The molecule has 0 unspecified atom stereocenters. The zero-order valence-electron chi connectivity index (χ0n) is 22.6. The molecule has 1 atom stereocenters. The normalized spacial score (nSPS) is 19.4. The van der Waals surface area contributed by atoms with E-state index in [1.54, 1.807) is 28.0 Å². The standard InChI is InChI=1S/C30H36F2N4O3/c1-3-20-14-19(2)29-22(9-10-33-29)24(20)16-35-13-12-34(18-27(31)32)17-26(35)21-7-8-23(30(38)39)25(15-21)36-11-5-4-6-28(36)37/h7-10,14-15,26-27,33H,3-6,11-13,16-18H2,1-2H3,(H,38,39)/t26-/m0/s1. The summed E-state index contributed by atoms with van der Waals surface area (Å²) in [7, 11) is 0. The summed E-state index contributed by atoms with van der Waals surface area (Å²) >= 11 is 0. The Morgan fingerprint density at radius 3 is 2.69 bits per heavy atom. The van der Waals surface area contributed by atoms with Crippen LogP contribution in [0.5, 0.6) is 0 Å². The highest BCUT2D eigenvalue weighted by Gasteiger charge is 2.32. The second-order valence-electron chi connectivity index (χ2n) is 10.7. The van der Waals surface area contributed by atoms with Gasteiger partial charge in [-0.05, 0) is 66.6 Å². The Morgan fingerprint density at radius 2 is 1.97 bits per heavy atom. The summed E-state index contributed by atoms with van der Waals surface area (Å²) in [6, 6.07) is 9.23. The average molecular weight is 539 g/mol. The van der Waals surface area contributed by atoms with Gasteiger partial charge in [-0.3, -0.25) is 14.6 Å². The molecule has 2 N–H and O–H groups in total. The van der Waals surface area contributed by atoms with Crippen molar-refractivity contribution in [1.82, 2.24) is 14.8 Å². The molecular weight excluding hydrogens is 502 g/mol. The van der Waals surface area contributed by atoms with Gasteiger partial charge in [0.25, 0.3) is 6.43 Å². The Balaban J connectivity index is 1.55. The molecule has 208 valence electrons. The molecule has 2 fully saturated rings. The van der Waals surface area contributed by atoms with Gasteiger partial charge < -0.3 is 15.0 Å². The number of carboxylic acid groups (broad SMARTS) is 1. The summed E-state index contributed by atoms with van der Waals surface area (Å²) in [5, 5.41) is 11.1. The molecule has 9 heteroatoms. The number of carbonyl (C=O) groups excluding carboxylic acids is 1. The van der Waals surface area contributed by atoms with E-state index in [2.05, 4.69) is 35.9 Å². The Hall–Kier alpha value is -3.30. The molecule has 7 nitrogen and oxygen atoms in total. The highest BCUT2D eigenvalue weighted by molar-refractivity contribution is 6.02. The molecule has 39 heavy (non-hydrogen) atoms. The van der Waals surface area contributed by atoms with E-state index in [0.29, 0.717) is 44.8 Å². The third-order valence-corrected chi connectivity index (χ3v) is 8.21.